The number of pyridine rings is 1. The van der Waals surface area contributed by atoms with Gasteiger partial charge in [-0.05, 0) is 36.8 Å². The first-order valence-corrected chi connectivity index (χ1v) is 11.2. The number of aromatic amines is 1. The van der Waals surface area contributed by atoms with Crippen molar-refractivity contribution in [1.82, 2.24) is 15.2 Å². The fraction of sp³-hybridized carbons (Fsp3) is 0.280. The monoisotopic (exact) mass is 469 g/mol. The van der Waals surface area contributed by atoms with Crippen LogP contribution in [0, 0.1) is 5.82 Å². The number of hydrogen-bond acceptors (Lipinski definition) is 4. The summed E-state index contributed by atoms with van der Waals surface area (Å²) in [4.78, 5) is 30.3. The van der Waals surface area contributed by atoms with E-state index in [1.807, 2.05) is 42.2 Å². The van der Waals surface area contributed by atoms with E-state index in [9.17, 15) is 14.0 Å². The number of rotatable bonds is 6. The van der Waals surface area contributed by atoms with Gasteiger partial charge in [0.05, 0.1) is 18.8 Å². The van der Waals surface area contributed by atoms with Crippen LogP contribution in [0.15, 0.2) is 65.5 Å². The number of benzene rings is 2. The number of hydrogen-bond donors (Lipinski definition) is 2. The van der Waals surface area contributed by atoms with Crippen LogP contribution in [-0.4, -0.2) is 48.1 Å². The number of nitrogens with one attached hydrogen (secondary N) is 2. The molecule has 0 radical (unpaired) electrons. The van der Waals surface area contributed by atoms with E-state index in [-0.39, 0.29) is 18.2 Å². The molecule has 4 rings (SSSR count). The fourth-order valence-electron chi connectivity index (χ4n) is 4.09. The molecule has 2 aromatic carbocycles. The molecule has 2 atom stereocenters. The maximum absolute atomic E-state index is 14.8. The van der Waals surface area contributed by atoms with Crippen LogP contribution < -0.4 is 10.9 Å². The largest absolute Gasteiger partial charge is 0.376 e. The van der Waals surface area contributed by atoms with Crippen molar-refractivity contribution in [2.45, 2.75) is 19.1 Å². The second-order valence-electron chi connectivity index (χ2n) is 8.02. The summed E-state index contributed by atoms with van der Waals surface area (Å²) in [6, 6.07) is 16.6. The average Bonchev–Trinajstić information content (AvgIpc) is 2.81. The molecule has 1 aromatic heterocycles. The van der Waals surface area contributed by atoms with Gasteiger partial charge >= 0.3 is 0 Å². The number of ether oxygens (including phenoxy) is 1. The van der Waals surface area contributed by atoms with Gasteiger partial charge in [0.2, 0.25) is 0 Å². The highest BCUT2D eigenvalue weighted by Gasteiger charge is 2.29. The van der Waals surface area contributed by atoms with E-state index in [1.54, 1.807) is 18.2 Å². The van der Waals surface area contributed by atoms with Crippen molar-refractivity contribution in [3.8, 4) is 11.3 Å². The summed E-state index contributed by atoms with van der Waals surface area (Å²) in [6.07, 6.45) is -0.0316. The van der Waals surface area contributed by atoms with Crippen molar-refractivity contribution in [1.29, 1.82) is 0 Å². The summed E-state index contributed by atoms with van der Waals surface area (Å²) >= 11 is 6.35. The van der Waals surface area contributed by atoms with Crippen molar-refractivity contribution in [2.24, 2.45) is 0 Å². The molecule has 1 amide bonds. The zero-order valence-corrected chi connectivity index (χ0v) is 18.9. The molecule has 6 nitrogen and oxygen atoms in total. The Morgan fingerprint density at radius 1 is 1.21 bits per heavy atom. The van der Waals surface area contributed by atoms with Gasteiger partial charge in [-0.15, -0.1) is 0 Å². The van der Waals surface area contributed by atoms with E-state index in [0.717, 1.165) is 5.56 Å². The highest BCUT2D eigenvalue weighted by atomic mass is 35.5. The van der Waals surface area contributed by atoms with Crippen molar-refractivity contribution in [2.75, 3.05) is 26.2 Å². The standard InChI is InChI=1S/C25H25ClFN3O3/c1-16-15-30(12-13-33-16)22(23-19(26)8-5-9-20(23)27)14-28-24(31)18-10-11-21(29-25(18)32)17-6-3-2-4-7-17/h2-11,16,22H,12-15H2,1H3,(H,28,31)(H,29,32). The number of nitrogens with zero attached hydrogens (tertiary/aromatic N) is 1. The van der Waals surface area contributed by atoms with Gasteiger partial charge in [0.25, 0.3) is 11.5 Å². The van der Waals surface area contributed by atoms with Gasteiger partial charge in [-0.3, -0.25) is 14.5 Å². The molecule has 8 heteroatoms. The third-order valence-corrected chi connectivity index (χ3v) is 6.07. The Kier molecular flexibility index (Phi) is 7.23. The molecule has 0 saturated carbocycles. The number of amides is 1. The predicted octanol–water partition coefficient (Wildman–Crippen LogP) is 4.03. The number of aromatic nitrogens is 1. The van der Waals surface area contributed by atoms with Crippen LogP contribution >= 0.6 is 11.6 Å². The third kappa shape index (κ3) is 5.33. The maximum atomic E-state index is 14.8. The first-order valence-electron chi connectivity index (χ1n) is 10.8. The molecule has 172 valence electrons. The van der Waals surface area contributed by atoms with Crippen LogP contribution in [0.1, 0.15) is 28.9 Å². The number of H-pyrrole nitrogens is 1. The first kappa shape index (κ1) is 23.2. The SMILES string of the molecule is CC1CN(C(CNC(=O)c2ccc(-c3ccccc3)[nH]c2=O)c2c(F)cccc2Cl)CCO1. The fourth-order valence-corrected chi connectivity index (χ4v) is 4.38. The minimum Gasteiger partial charge on any atom is -0.376 e. The highest BCUT2D eigenvalue weighted by Crippen LogP contribution is 2.31. The lowest BCUT2D eigenvalue weighted by atomic mass is 10.0. The van der Waals surface area contributed by atoms with Gasteiger partial charge in [0, 0.05) is 35.9 Å². The van der Waals surface area contributed by atoms with Gasteiger partial charge in [-0.25, -0.2) is 4.39 Å². The summed E-state index contributed by atoms with van der Waals surface area (Å²) in [6.45, 7) is 3.67. The number of carbonyl (C=O) groups excluding carboxylic acids is 1. The minimum atomic E-state index is -0.533. The summed E-state index contributed by atoms with van der Waals surface area (Å²) in [5, 5.41) is 3.09. The number of carbonyl (C=O) groups is 1. The molecule has 2 unspecified atom stereocenters. The van der Waals surface area contributed by atoms with Crippen LogP contribution in [-0.2, 0) is 4.74 Å². The van der Waals surface area contributed by atoms with E-state index >= 15 is 0 Å². The number of halogens is 2. The molecule has 33 heavy (non-hydrogen) atoms. The molecular weight excluding hydrogens is 445 g/mol. The smallest absolute Gasteiger partial charge is 0.261 e. The zero-order valence-electron chi connectivity index (χ0n) is 18.2. The Balaban J connectivity index is 1.55. The van der Waals surface area contributed by atoms with Gasteiger partial charge in [-0.1, -0.05) is 48.0 Å². The summed E-state index contributed by atoms with van der Waals surface area (Å²) in [5.41, 5.74) is 1.28. The Morgan fingerprint density at radius 2 is 2.00 bits per heavy atom. The summed E-state index contributed by atoms with van der Waals surface area (Å²) in [5.74, 6) is -0.972. The van der Waals surface area contributed by atoms with Crippen molar-refractivity contribution in [3.63, 3.8) is 0 Å². The molecule has 0 bridgehead atoms. The second-order valence-corrected chi connectivity index (χ2v) is 8.43. The van der Waals surface area contributed by atoms with E-state index in [2.05, 4.69) is 10.3 Å². The lowest BCUT2D eigenvalue weighted by Gasteiger charge is -2.38. The highest BCUT2D eigenvalue weighted by molar-refractivity contribution is 6.31. The molecule has 1 fully saturated rings. The second kappa shape index (κ2) is 10.3. The Hall–Kier alpha value is -3.00. The van der Waals surface area contributed by atoms with Gasteiger partial charge in [0.15, 0.2) is 0 Å². The predicted molar refractivity (Wildman–Crippen MR) is 126 cm³/mol. The Labute approximate surface area is 196 Å². The molecule has 1 aliphatic rings. The first-order chi connectivity index (χ1) is 15.9. The summed E-state index contributed by atoms with van der Waals surface area (Å²) in [7, 11) is 0. The molecule has 0 aliphatic carbocycles. The molecule has 1 saturated heterocycles. The lowest BCUT2D eigenvalue weighted by molar-refractivity contribution is -0.0346. The van der Waals surface area contributed by atoms with Crippen LogP contribution in [0.25, 0.3) is 11.3 Å². The third-order valence-electron chi connectivity index (χ3n) is 5.74. The lowest BCUT2D eigenvalue weighted by Crippen LogP contribution is -2.47. The molecular formula is C25H25ClFN3O3. The van der Waals surface area contributed by atoms with Crippen LogP contribution in [0.5, 0.6) is 0 Å². The van der Waals surface area contributed by atoms with E-state index < -0.39 is 23.3 Å². The van der Waals surface area contributed by atoms with E-state index in [4.69, 9.17) is 16.3 Å². The zero-order chi connectivity index (χ0) is 23.4. The Morgan fingerprint density at radius 3 is 2.70 bits per heavy atom. The van der Waals surface area contributed by atoms with E-state index in [1.165, 1.54) is 12.1 Å². The maximum Gasteiger partial charge on any atom is 0.261 e. The van der Waals surface area contributed by atoms with E-state index in [0.29, 0.717) is 36.0 Å². The van der Waals surface area contributed by atoms with Gasteiger partial charge < -0.3 is 15.0 Å². The Bertz CT molecular complexity index is 1160. The average molecular weight is 470 g/mol. The van der Waals surface area contributed by atoms with Crippen LogP contribution in [0.3, 0.4) is 0 Å². The van der Waals surface area contributed by atoms with Crippen molar-refractivity contribution in [3.05, 3.63) is 93.0 Å². The van der Waals surface area contributed by atoms with Crippen molar-refractivity contribution >= 4 is 17.5 Å². The summed E-state index contributed by atoms with van der Waals surface area (Å²) < 4.78 is 20.4. The van der Waals surface area contributed by atoms with Gasteiger partial charge in [-0.2, -0.15) is 0 Å². The molecule has 0 spiro atoms. The van der Waals surface area contributed by atoms with Crippen LogP contribution in [0.2, 0.25) is 5.02 Å². The topological polar surface area (TPSA) is 74.4 Å². The quantitative estimate of drug-likeness (QED) is 0.571. The minimum absolute atomic E-state index is 0.0107. The van der Waals surface area contributed by atoms with Gasteiger partial charge in [0.1, 0.15) is 11.4 Å². The molecule has 1 aliphatic heterocycles. The number of morpholine rings is 1. The molecule has 3 aromatic rings. The van der Waals surface area contributed by atoms with Crippen molar-refractivity contribution < 1.29 is 13.9 Å². The molecule has 2 N–H and O–H groups in total. The normalized spacial score (nSPS) is 17.5. The van der Waals surface area contributed by atoms with Crippen LogP contribution in [0.4, 0.5) is 4.39 Å². The molecule has 2 heterocycles.